The highest BCUT2D eigenvalue weighted by Crippen LogP contribution is 2.40. The molecule has 0 N–H and O–H groups in total. The van der Waals surface area contributed by atoms with Crippen LogP contribution in [0.1, 0.15) is 33.1 Å². The first-order valence-electron chi connectivity index (χ1n) is 5.75. The first-order chi connectivity index (χ1) is 7.08. The third-order valence-electron chi connectivity index (χ3n) is 3.58. The first kappa shape index (κ1) is 9.60. The lowest BCUT2D eigenvalue weighted by molar-refractivity contribution is -0.174. The standard InChI is InChI=1S/C11H17NO3/c1-11(2)14-8-7-5-3-4-6-12(7)10(13)9(8)15-11/h7-9H,3-6H2,1-2H3/t7-,8+,9+/m1/s1. The van der Waals surface area contributed by atoms with Crippen molar-refractivity contribution < 1.29 is 14.3 Å². The van der Waals surface area contributed by atoms with Gasteiger partial charge in [-0.05, 0) is 33.1 Å². The van der Waals surface area contributed by atoms with Crippen molar-refractivity contribution >= 4 is 5.91 Å². The summed E-state index contributed by atoms with van der Waals surface area (Å²) in [6, 6.07) is 0.262. The quantitative estimate of drug-likeness (QED) is 0.597. The van der Waals surface area contributed by atoms with Crippen molar-refractivity contribution in [3.63, 3.8) is 0 Å². The molecule has 3 aliphatic heterocycles. The second-order valence-electron chi connectivity index (χ2n) is 5.12. The second-order valence-corrected chi connectivity index (χ2v) is 5.12. The van der Waals surface area contributed by atoms with E-state index in [1.54, 1.807) is 0 Å². The van der Waals surface area contributed by atoms with E-state index in [1.807, 2.05) is 18.7 Å². The fourth-order valence-corrected chi connectivity index (χ4v) is 3.00. The zero-order chi connectivity index (χ0) is 10.6. The molecule has 3 aliphatic rings. The molecule has 0 aromatic rings. The number of nitrogens with zero attached hydrogens (tertiary/aromatic N) is 1. The summed E-state index contributed by atoms with van der Waals surface area (Å²) in [6.45, 7) is 4.64. The lowest BCUT2D eigenvalue weighted by Gasteiger charge is -2.33. The van der Waals surface area contributed by atoms with Crippen LogP contribution in [-0.2, 0) is 14.3 Å². The second kappa shape index (κ2) is 2.95. The van der Waals surface area contributed by atoms with Gasteiger partial charge in [0.15, 0.2) is 11.9 Å². The molecule has 4 heteroatoms. The van der Waals surface area contributed by atoms with E-state index < -0.39 is 5.79 Å². The first-order valence-corrected chi connectivity index (χ1v) is 5.75. The van der Waals surface area contributed by atoms with Crippen LogP contribution in [-0.4, -0.2) is 41.4 Å². The van der Waals surface area contributed by atoms with Gasteiger partial charge in [-0.25, -0.2) is 0 Å². The maximum absolute atomic E-state index is 12.0. The fourth-order valence-electron chi connectivity index (χ4n) is 3.00. The molecule has 15 heavy (non-hydrogen) atoms. The number of fused-ring (bicyclic) bond motifs is 3. The number of hydrogen-bond acceptors (Lipinski definition) is 3. The Labute approximate surface area is 89.5 Å². The highest BCUT2D eigenvalue weighted by Gasteiger charge is 2.57. The molecule has 0 bridgehead atoms. The molecule has 0 unspecified atom stereocenters. The molecule has 0 aromatic carbocycles. The number of rotatable bonds is 0. The predicted molar refractivity (Wildman–Crippen MR) is 53.2 cm³/mol. The monoisotopic (exact) mass is 211 g/mol. The molecule has 1 amide bonds. The number of amides is 1. The van der Waals surface area contributed by atoms with E-state index in [-0.39, 0.29) is 24.2 Å². The maximum Gasteiger partial charge on any atom is 0.254 e. The largest absolute Gasteiger partial charge is 0.342 e. The molecule has 4 nitrogen and oxygen atoms in total. The fraction of sp³-hybridized carbons (Fsp3) is 0.909. The van der Waals surface area contributed by atoms with E-state index in [2.05, 4.69) is 0 Å². The molecule has 84 valence electrons. The van der Waals surface area contributed by atoms with Gasteiger partial charge in [0.2, 0.25) is 0 Å². The Morgan fingerprint density at radius 2 is 2.13 bits per heavy atom. The number of carbonyl (C=O) groups is 1. The smallest absolute Gasteiger partial charge is 0.254 e. The normalized spacial score (nSPS) is 42.9. The van der Waals surface area contributed by atoms with Gasteiger partial charge in [-0.15, -0.1) is 0 Å². The van der Waals surface area contributed by atoms with E-state index in [0.29, 0.717) is 0 Å². The minimum Gasteiger partial charge on any atom is -0.342 e. The highest BCUT2D eigenvalue weighted by molar-refractivity contribution is 5.85. The molecule has 3 heterocycles. The Morgan fingerprint density at radius 1 is 1.33 bits per heavy atom. The van der Waals surface area contributed by atoms with Crippen molar-refractivity contribution in [1.82, 2.24) is 4.90 Å². The van der Waals surface area contributed by atoms with Gasteiger partial charge < -0.3 is 14.4 Å². The van der Waals surface area contributed by atoms with Crippen LogP contribution in [0.4, 0.5) is 0 Å². The molecule has 3 saturated heterocycles. The van der Waals surface area contributed by atoms with Crippen molar-refractivity contribution in [2.45, 2.75) is 57.1 Å². The maximum atomic E-state index is 12.0. The van der Waals surface area contributed by atoms with Gasteiger partial charge in [0.05, 0.1) is 6.04 Å². The Bertz CT molecular complexity index is 302. The summed E-state index contributed by atoms with van der Waals surface area (Å²) >= 11 is 0. The molecule has 0 saturated carbocycles. The molecule has 3 fully saturated rings. The Balaban J connectivity index is 1.87. The van der Waals surface area contributed by atoms with Crippen LogP contribution < -0.4 is 0 Å². The summed E-state index contributed by atoms with van der Waals surface area (Å²) in [7, 11) is 0. The van der Waals surface area contributed by atoms with Crippen molar-refractivity contribution in [1.29, 1.82) is 0 Å². The Morgan fingerprint density at radius 3 is 2.93 bits per heavy atom. The molecule has 0 aromatic heterocycles. The van der Waals surface area contributed by atoms with E-state index in [0.717, 1.165) is 19.4 Å². The minimum atomic E-state index is -0.589. The van der Waals surface area contributed by atoms with Gasteiger partial charge in [-0.3, -0.25) is 4.79 Å². The van der Waals surface area contributed by atoms with E-state index in [1.165, 1.54) is 6.42 Å². The van der Waals surface area contributed by atoms with Gasteiger partial charge in [0.25, 0.3) is 5.91 Å². The van der Waals surface area contributed by atoms with Gasteiger partial charge in [-0.1, -0.05) is 0 Å². The van der Waals surface area contributed by atoms with Crippen LogP contribution in [0, 0.1) is 0 Å². The van der Waals surface area contributed by atoms with Crippen LogP contribution in [0.2, 0.25) is 0 Å². The molecule has 0 radical (unpaired) electrons. The molecule has 0 aliphatic carbocycles. The van der Waals surface area contributed by atoms with Crippen LogP contribution >= 0.6 is 0 Å². The Hall–Kier alpha value is -0.610. The molecule has 3 rings (SSSR count). The van der Waals surface area contributed by atoms with Gasteiger partial charge in [0.1, 0.15) is 6.10 Å². The summed E-state index contributed by atoms with van der Waals surface area (Å²) in [5.41, 5.74) is 0. The molecular weight excluding hydrogens is 194 g/mol. The average Bonchev–Trinajstić information content (AvgIpc) is 2.63. The summed E-state index contributed by atoms with van der Waals surface area (Å²) in [6.07, 6.45) is 3.00. The predicted octanol–water partition coefficient (Wildman–Crippen LogP) is 0.901. The van der Waals surface area contributed by atoms with Crippen LogP contribution in [0.3, 0.4) is 0 Å². The van der Waals surface area contributed by atoms with Crippen molar-refractivity contribution in [3.05, 3.63) is 0 Å². The van der Waals surface area contributed by atoms with E-state index in [4.69, 9.17) is 9.47 Å². The summed E-state index contributed by atoms with van der Waals surface area (Å²) in [5.74, 6) is -0.454. The topological polar surface area (TPSA) is 38.8 Å². The molecule has 3 atom stereocenters. The minimum absolute atomic E-state index is 0.0344. The summed E-state index contributed by atoms with van der Waals surface area (Å²) < 4.78 is 11.5. The van der Waals surface area contributed by atoms with Crippen LogP contribution in [0.25, 0.3) is 0 Å². The zero-order valence-corrected chi connectivity index (χ0v) is 9.23. The zero-order valence-electron chi connectivity index (χ0n) is 9.23. The van der Waals surface area contributed by atoms with Crippen molar-refractivity contribution in [2.24, 2.45) is 0 Å². The number of ether oxygens (including phenoxy) is 2. The highest BCUT2D eigenvalue weighted by atomic mass is 16.8. The van der Waals surface area contributed by atoms with Gasteiger partial charge in [0, 0.05) is 6.54 Å². The van der Waals surface area contributed by atoms with E-state index >= 15 is 0 Å². The SMILES string of the molecule is CC1(C)O[C@@H]2[C@H](O1)C(=O)N1CCCC[C@H]21. The van der Waals surface area contributed by atoms with Crippen LogP contribution in [0.5, 0.6) is 0 Å². The molecular formula is C11H17NO3. The number of carbonyl (C=O) groups excluding carboxylic acids is 1. The number of hydrogen-bond donors (Lipinski definition) is 0. The van der Waals surface area contributed by atoms with Crippen LogP contribution in [0.15, 0.2) is 0 Å². The average molecular weight is 211 g/mol. The van der Waals surface area contributed by atoms with Crippen molar-refractivity contribution in [2.75, 3.05) is 6.54 Å². The lowest BCUT2D eigenvalue weighted by Crippen LogP contribution is -2.43. The number of piperidine rings is 1. The lowest BCUT2D eigenvalue weighted by atomic mass is 10.0. The molecule has 0 spiro atoms. The summed E-state index contributed by atoms with van der Waals surface area (Å²) in [5, 5.41) is 0. The van der Waals surface area contributed by atoms with E-state index in [9.17, 15) is 4.79 Å². The third kappa shape index (κ3) is 1.31. The summed E-state index contributed by atoms with van der Waals surface area (Å²) in [4.78, 5) is 14.0. The van der Waals surface area contributed by atoms with Crippen molar-refractivity contribution in [3.8, 4) is 0 Å². The Kier molecular flexibility index (Phi) is 1.89. The third-order valence-corrected chi connectivity index (χ3v) is 3.58. The van der Waals surface area contributed by atoms with Gasteiger partial charge >= 0.3 is 0 Å². The van der Waals surface area contributed by atoms with Gasteiger partial charge in [-0.2, -0.15) is 0 Å².